The van der Waals surface area contributed by atoms with Crippen LogP contribution in [0.3, 0.4) is 0 Å². The number of thiazole rings is 1. The number of ether oxygens (including phenoxy) is 1. The smallest absolute Gasteiger partial charge is 0.236 e. The lowest BCUT2D eigenvalue weighted by Gasteiger charge is -2.10. The molecule has 4 aromatic rings. The summed E-state index contributed by atoms with van der Waals surface area (Å²) >= 11 is 2.25. The number of rotatable bonds is 8. The minimum Gasteiger partial charge on any atom is -0.492 e. The summed E-state index contributed by atoms with van der Waals surface area (Å²) in [6.07, 6.45) is 0. The molecule has 12 heteroatoms. The van der Waals surface area contributed by atoms with Crippen LogP contribution in [0, 0.1) is 11.6 Å². The number of anilines is 1. The number of benzene rings is 2. The summed E-state index contributed by atoms with van der Waals surface area (Å²) in [5.41, 5.74) is 0.929. The van der Waals surface area contributed by atoms with Gasteiger partial charge in [-0.3, -0.25) is 4.79 Å². The van der Waals surface area contributed by atoms with Crippen LogP contribution in [0.4, 0.5) is 13.9 Å². The van der Waals surface area contributed by atoms with E-state index in [9.17, 15) is 13.6 Å². The molecule has 2 aromatic carbocycles. The van der Waals surface area contributed by atoms with Gasteiger partial charge in [0.2, 0.25) is 11.1 Å². The molecule has 0 aliphatic heterocycles. The van der Waals surface area contributed by atoms with Crippen molar-refractivity contribution in [1.29, 1.82) is 0 Å². The molecule has 8 nitrogen and oxygen atoms in total. The third-order valence-corrected chi connectivity index (χ3v) is 5.80. The second-order valence-electron chi connectivity index (χ2n) is 6.27. The number of hydrogen-bond acceptors (Lipinski definition) is 8. The molecule has 0 fully saturated rings. The molecule has 164 valence electrons. The lowest BCUT2D eigenvalue weighted by atomic mass is 10.1. The molecule has 0 atom stereocenters. The predicted molar refractivity (Wildman–Crippen MR) is 117 cm³/mol. The van der Waals surface area contributed by atoms with E-state index in [4.69, 9.17) is 4.74 Å². The van der Waals surface area contributed by atoms with Crippen molar-refractivity contribution in [2.75, 3.05) is 17.7 Å². The summed E-state index contributed by atoms with van der Waals surface area (Å²) in [5, 5.41) is 16.5. The molecular formula is C20H16F2N6O2S2. The lowest BCUT2D eigenvalue weighted by Crippen LogP contribution is -2.14. The fraction of sp³-hybridized carbons (Fsp3) is 0.150. The van der Waals surface area contributed by atoms with Crippen LogP contribution < -0.4 is 10.1 Å². The summed E-state index contributed by atoms with van der Waals surface area (Å²) in [5.74, 6) is -0.874. The Kier molecular flexibility index (Phi) is 6.71. The molecule has 2 heterocycles. The monoisotopic (exact) mass is 474 g/mol. The highest BCUT2D eigenvalue weighted by atomic mass is 32.2. The van der Waals surface area contributed by atoms with Crippen molar-refractivity contribution in [3.63, 3.8) is 0 Å². The van der Waals surface area contributed by atoms with Crippen molar-refractivity contribution in [3.05, 3.63) is 59.5 Å². The maximum atomic E-state index is 13.9. The van der Waals surface area contributed by atoms with Crippen molar-refractivity contribution in [1.82, 2.24) is 25.2 Å². The Labute approximate surface area is 189 Å². The number of carbonyl (C=O) groups excluding carboxylic acids is 1. The number of tetrazole rings is 1. The lowest BCUT2D eigenvalue weighted by molar-refractivity contribution is -0.113. The van der Waals surface area contributed by atoms with Gasteiger partial charge in [-0.25, -0.2) is 13.8 Å². The summed E-state index contributed by atoms with van der Waals surface area (Å²) < 4.78 is 34.5. The van der Waals surface area contributed by atoms with E-state index in [-0.39, 0.29) is 28.0 Å². The van der Waals surface area contributed by atoms with Crippen LogP contribution in [-0.4, -0.2) is 43.5 Å². The first-order valence-corrected chi connectivity index (χ1v) is 11.3. The third-order valence-electron chi connectivity index (χ3n) is 4.12. The van der Waals surface area contributed by atoms with Crippen molar-refractivity contribution < 1.29 is 18.3 Å². The van der Waals surface area contributed by atoms with E-state index < -0.39 is 11.6 Å². The summed E-state index contributed by atoms with van der Waals surface area (Å²) in [7, 11) is 0. The molecule has 0 radical (unpaired) electrons. The van der Waals surface area contributed by atoms with E-state index in [1.54, 1.807) is 5.38 Å². The number of aromatic nitrogens is 5. The zero-order valence-corrected chi connectivity index (χ0v) is 18.3. The zero-order chi connectivity index (χ0) is 22.5. The van der Waals surface area contributed by atoms with Gasteiger partial charge in [0.25, 0.3) is 0 Å². The van der Waals surface area contributed by atoms with Gasteiger partial charge in [0, 0.05) is 10.9 Å². The van der Waals surface area contributed by atoms with Gasteiger partial charge in [-0.15, -0.1) is 16.4 Å². The second-order valence-corrected chi connectivity index (χ2v) is 8.07. The highest BCUT2D eigenvalue weighted by molar-refractivity contribution is 7.99. The Hall–Kier alpha value is -3.38. The largest absolute Gasteiger partial charge is 0.492 e. The summed E-state index contributed by atoms with van der Waals surface area (Å²) in [6.45, 7) is 2.36. The molecule has 1 N–H and O–H groups in total. The van der Waals surface area contributed by atoms with Crippen LogP contribution in [0.5, 0.6) is 5.75 Å². The van der Waals surface area contributed by atoms with Crippen molar-refractivity contribution >= 4 is 34.1 Å². The minimum absolute atomic E-state index is 0.0143. The molecule has 0 saturated heterocycles. The SMILES string of the molecule is CCOc1ccccc1-n1nnnc1SCC(=O)Nc1nc(-c2cc(F)ccc2F)cs1. The van der Waals surface area contributed by atoms with Crippen molar-refractivity contribution in [2.24, 2.45) is 0 Å². The van der Waals surface area contributed by atoms with Crippen LogP contribution in [0.1, 0.15) is 6.92 Å². The molecule has 4 rings (SSSR count). The number of amides is 1. The van der Waals surface area contributed by atoms with Gasteiger partial charge in [-0.2, -0.15) is 4.68 Å². The maximum Gasteiger partial charge on any atom is 0.236 e. The van der Waals surface area contributed by atoms with Crippen LogP contribution >= 0.6 is 23.1 Å². The molecule has 1 amide bonds. The number of carbonyl (C=O) groups is 1. The Morgan fingerprint density at radius 2 is 2.09 bits per heavy atom. The topological polar surface area (TPSA) is 94.8 Å². The van der Waals surface area contributed by atoms with Crippen LogP contribution in [0.15, 0.2) is 53.0 Å². The minimum atomic E-state index is -0.593. The molecule has 0 aliphatic carbocycles. The molecule has 0 spiro atoms. The van der Waals surface area contributed by atoms with Gasteiger partial charge in [0.15, 0.2) is 5.13 Å². The van der Waals surface area contributed by atoms with E-state index in [1.165, 1.54) is 4.68 Å². The van der Waals surface area contributed by atoms with Crippen molar-refractivity contribution in [3.8, 4) is 22.7 Å². The first-order chi connectivity index (χ1) is 15.5. The van der Waals surface area contributed by atoms with Crippen LogP contribution in [0.25, 0.3) is 16.9 Å². The summed E-state index contributed by atoms with van der Waals surface area (Å²) in [6, 6.07) is 10.4. The first-order valence-electron chi connectivity index (χ1n) is 9.39. The molecule has 32 heavy (non-hydrogen) atoms. The molecule has 0 bridgehead atoms. The van der Waals surface area contributed by atoms with E-state index >= 15 is 0 Å². The number of nitrogens with zero attached hydrogens (tertiary/aromatic N) is 5. The van der Waals surface area contributed by atoms with Crippen molar-refractivity contribution in [2.45, 2.75) is 12.1 Å². The number of hydrogen-bond donors (Lipinski definition) is 1. The van der Waals surface area contributed by atoms with E-state index in [0.29, 0.717) is 23.2 Å². The Morgan fingerprint density at radius 1 is 1.25 bits per heavy atom. The normalized spacial score (nSPS) is 10.8. The number of halogens is 2. The van der Waals surface area contributed by atoms with Gasteiger partial charge < -0.3 is 10.1 Å². The predicted octanol–water partition coefficient (Wildman–Crippen LogP) is 4.19. The first kappa shape index (κ1) is 21.8. The van der Waals surface area contributed by atoms with E-state index in [2.05, 4.69) is 25.8 Å². The Balaban J connectivity index is 1.42. The molecule has 0 unspecified atom stereocenters. The number of para-hydroxylation sites is 2. The molecule has 0 aliphatic rings. The number of thioether (sulfide) groups is 1. The summed E-state index contributed by atoms with van der Waals surface area (Å²) in [4.78, 5) is 16.6. The quantitative estimate of drug-likeness (QED) is 0.383. The van der Waals surface area contributed by atoms with Crippen LogP contribution in [0.2, 0.25) is 0 Å². The Bertz CT molecular complexity index is 1250. The van der Waals surface area contributed by atoms with Gasteiger partial charge >= 0.3 is 0 Å². The van der Waals surface area contributed by atoms with E-state index in [1.807, 2.05) is 31.2 Å². The zero-order valence-electron chi connectivity index (χ0n) is 16.7. The van der Waals surface area contributed by atoms with Gasteiger partial charge in [0.1, 0.15) is 23.1 Å². The van der Waals surface area contributed by atoms with Gasteiger partial charge in [0.05, 0.1) is 18.1 Å². The molecular weight excluding hydrogens is 458 g/mol. The average Bonchev–Trinajstić information content (AvgIpc) is 3.44. The average molecular weight is 475 g/mol. The second kappa shape index (κ2) is 9.83. The van der Waals surface area contributed by atoms with Gasteiger partial charge in [-0.1, -0.05) is 23.9 Å². The highest BCUT2D eigenvalue weighted by Crippen LogP contribution is 2.29. The van der Waals surface area contributed by atoms with Gasteiger partial charge in [-0.05, 0) is 47.7 Å². The maximum absolute atomic E-state index is 13.9. The highest BCUT2D eigenvalue weighted by Gasteiger charge is 2.16. The fourth-order valence-corrected chi connectivity index (χ4v) is 4.17. The Morgan fingerprint density at radius 3 is 2.94 bits per heavy atom. The molecule has 2 aromatic heterocycles. The number of nitrogens with one attached hydrogen (secondary N) is 1. The van der Waals surface area contributed by atoms with Crippen LogP contribution in [-0.2, 0) is 4.79 Å². The third kappa shape index (κ3) is 4.92. The standard InChI is InChI=1S/C20H16F2N6O2S2/c1-2-30-17-6-4-3-5-16(17)28-20(25-26-27-28)32-11-18(29)24-19-23-15(10-31-19)13-9-12(21)7-8-14(13)22/h3-10H,2,11H2,1H3,(H,23,24,29). The fourth-order valence-electron chi connectivity index (χ4n) is 2.76. The van der Waals surface area contributed by atoms with E-state index in [0.717, 1.165) is 41.3 Å². The molecule has 0 saturated carbocycles.